The Morgan fingerprint density at radius 1 is 1.07 bits per heavy atom. The summed E-state index contributed by atoms with van der Waals surface area (Å²) in [6.07, 6.45) is -3.38. The Balaban J connectivity index is 1.41. The molecule has 15 heteroatoms. The van der Waals surface area contributed by atoms with Gasteiger partial charge in [-0.1, -0.05) is 38.1 Å². The van der Waals surface area contributed by atoms with Gasteiger partial charge in [-0.3, -0.25) is 14.9 Å². The quantitative estimate of drug-likeness (QED) is 0.141. The van der Waals surface area contributed by atoms with Gasteiger partial charge in [-0.25, -0.2) is 14.4 Å². The second kappa shape index (κ2) is 10.3. The number of nitro groups is 1. The number of benzene rings is 2. The Kier molecular flexibility index (Phi) is 6.96. The summed E-state index contributed by atoms with van der Waals surface area (Å²) in [7, 11) is 0. The number of hydrogen-bond acceptors (Lipinski definition) is 8. The summed E-state index contributed by atoms with van der Waals surface area (Å²) in [5, 5.41) is 17.9. The molecule has 216 valence electrons. The highest BCUT2D eigenvalue weighted by Gasteiger charge is 2.33. The standard InChI is InChI=1S/C27H21F4N7O4/c1-26(2,3)25-36-24(42-37-25)23(39)33-12-14-5-4-13(10-18(14)28)16-8-9-32-22-20(16)34-21(35-22)17-7-6-15(27(29,30)31)11-19(17)38(40)41/h4-11H,12H2,1-3H3,(H,33,39)(H,32,34,35). The number of alkyl halides is 3. The number of pyridine rings is 1. The molecule has 0 saturated heterocycles. The molecule has 0 bridgehead atoms. The molecule has 42 heavy (non-hydrogen) atoms. The summed E-state index contributed by atoms with van der Waals surface area (Å²) in [5.74, 6) is -1.29. The van der Waals surface area contributed by atoms with E-state index >= 15 is 4.39 Å². The predicted octanol–water partition coefficient (Wildman–Crippen LogP) is 5.97. The zero-order chi connectivity index (χ0) is 30.4. The van der Waals surface area contributed by atoms with E-state index in [1.807, 2.05) is 20.8 Å². The van der Waals surface area contributed by atoms with Crippen molar-refractivity contribution in [1.82, 2.24) is 30.4 Å². The monoisotopic (exact) mass is 583 g/mol. The number of carbonyl (C=O) groups excluding carboxylic acids is 1. The number of aromatic amines is 1. The molecule has 0 fully saturated rings. The van der Waals surface area contributed by atoms with E-state index in [2.05, 4.69) is 30.4 Å². The van der Waals surface area contributed by atoms with Gasteiger partial charge in [-0.05, 0) is 29.8 Å². The van der Waals surface area contributed by atoms with Crippen molar-refractivity contribution in [3.8, 4) is 22.5 Å². The number of nitro benzene ring substituents is 1. The van der Waals surface area contributed by atoms with Crippen molar-refractivity contribution in [3.05, 3.63) is 87.4 Å². The van der Waals surface area contributed by atoms with Crippen molar-refractivity contribution >= 4 is 22.8 Å². The van der Waals surface area contributed by atoms with Crippen LogP contribution in [-0.2, 0) is 18.1 Å². The molecule has 1 amide bonds. The highest BCUT2D eigenvalue weighted by Crippen LogP contribution is 2.37. The first-order valence-electron chi connectivity index (χ1n) is 12.3. The van der Waals surface area contributed by atoms with Crippen LogP contribution in [0.3, 0.4) is 0 Å². The molecule has 0 radical (unpaired) electrons. The van der Waals surface area contributed by atoms with Gasteiger partial charge in [0.25, 0.3) is 5.69 Å². The van der Waals surface area contributed by atoms with Crippen LogP contribution in [0.1, 0.15) is 48.4 Å². The maximum Gasteiger partial charge on any atom is 0.416 e. The summed E-state index contributed by atoms with van der Waals surface area (Å²) >= 11 is 0. The van der Waals surface area contributed by atoms with Gasteiger partial charge in [-0.2, -0.15) is 18.2 Å². The fraction of sp³-hybridized carbons (Fsp3) is 0.222. The smallest absolute Gasteiger partial charge is 0.344 e. The van der Waals surface area contributed by atoms with Crippen LogP contribution in [0.15, 0.2) is 53.2 Å². The molecule has 0 aliphatic rings. The molecular weight excluding hydrogens is 562 g/mol. The van der Waals surface area contributed by atoms with Crippen LogP contribution >= 0.6 is 0 Å². The lowest BCUT2D eigenvalue weighted by Crippen LogP contribution is -2.24. The molecule has 5 rings (SSSR count). The fourth-order valence-electron chi connectivity index (χ4n) is 4.07. The van der Waals surface area contributed by atoms with E-state index < -0.39 is 39.5 Å². The Hall–Kier alpha value is -5.21. The van der Waals surface area contributed by atoms with Crippen LogP contribution in [0.4, 0.5) is 23.2 Å². The summed E-state index contributed by atoms with van der Waals surface area (Å²) in [4.78, 5) is 38.3. The highest BCUT2D eigenvalue weighted by atomic mass is 19.4. The van der Waals surface area contributed by atoms with Gasteiger partial charge in [0.05, 0.1) is 21.6 Å². The lowest BCUT2D eigenvalue weighted by molar-refractivity contribution is -0.384. The normalized spacial score (nSPS) is 12.1. The van der Waals surface area contributed by atoms with E-state index in [-0.39, 0.29) is 40.6 Å². The molecule has 5 aromatic rings. The average Bonchev–Trinajstić information content (AvgIpc) is 3.59. The minimum atomic E-state index is -4.77. The first-order valence-corrected chi connectivity index (χ1v) is 12.3. The minimum Gasteiger partial charge on any atom is -0.344 e. The van der Waals surface area contributed by atoms with Crippen LogP contribution < -0.4 is 5.32 Å². The van der Waals surface area contributed by atoms with Gasteiger partial charge in [0.2, 0.25) is 0 Å². The molecule has 3 heterocycles. The number of aromatic nitrogens is 5. The van der Waals surface area contributed by atoms with Gasteiger partial charge in [0.15, 0.2) is 11.5 Å². The average molecular weight is 584 g/mol. The molecule has 0 atom stereocenters. The second-order valence-corrected chi connectivity index (χ2v) is 10.3. The van der Waals surface area contributed by atoms with Crippen molar-refractivity contribution in [2.75, 3.05) is 0 Å². The van der Waals surface area contributed by atoms with Crippen molar-refractivity contribution in [2.24, 2.45) is 0 Å². The molecular formula is C27H21F4N7O4. The molecule has 2 N–H and O–H groups in total. The summed E-state index contributed by atoms with van der Waals surface area (Å²) in [6.45, 7) is 5.40. The number of rotatable bonds is 6. The van der Waals surface area contributed by atoms with Crippen molar-refractivity contribution in [2.45, 2.75) is 38.9 Å². The number of H-pyrrole nitrogens is 1. The molecule has 11 nitrogen and oxygen atoms in total. The Morgan fingerprint density at radius 3 is 2.48 bits per heavy atom. The van der Waals surface area contributed by atoms with Crippen LogP contribution in [0.2, 0.25) is 0 Å². The Morgan fingerprint density at radius 2 is 1.83 bits per heavy atom. The summed E-state index contributed by atoms with van der Waals surface area (Å²) in [5.41, 5.74) is -1.18. The van der Waals surface area contributed by atoms with Crippen LogP contribution in [0.25, 0.3) is 33.7 Å². The third-order valence-corrected chi connectivity index (χ3v) is 6.26. The lowest BCUT2D eigenvalue weighted by atomic mass is 9.96. The molecule has 0 saturated carbocycles. The fourth-order valence-corrected chi connectivity index (χ4v) is 4.07. The van der Waals surface area contributed by atoms with Gasteiger partial charge >= 0.3 is 18.0 Å². The van der Waals surface area contributed by atoms with E-state index in [9.17, 15) is 28.1 Å². The number of hydrogen-bond donors (Lipinski definition) is 2. The van der Waals surface area contributed by atoms with E-state index in [0.717, 1.165) is 12.1 Å². The topological polar surface area (TPSA) is 153 Å². The van der Waals surface area contributed by atoms with E-state index in [1.54, 1.807) is 12.1 Å². The van der Waals surface area contributed by atoms with Crippen LogP contribution in [-0.4, -0.2) is 35.9 Å². The number of halogens is 4. The van der Waals surface area contributed by atoms with Gasteiger partial charge in [0.1, 0.15) is 11.6 Å². The van der Waals surface area contributed by atoms with Gasteiger partial charge in [-0.15, -0.1) is 0 Å². The minimum absolute atomic E-state index is 0.0826. The van der Waals surface area contributed by atoms with Gasteiger partial charge < -0.3 is 14.8 Å². The van der Waals surface area contributed by atoms with Crippen molar-refractivity contribution in [3.63, 3.8) is 0 Å². The number of nitrogens with one attached hydrogen (secondary N) is 2. The maximum absolute atomic E-state index is 15.1. The zero-order valence-electron chi connectivity index (χ0n) is 22.2. The molecule has 2 aromatic carbocycles. The largest absolute Gasteiger partial charge is 0.416 e. The molecule has 3 aromatic heterocycles. The summed E-state index contributed by atoms with van der Waals surface area (Å²) < 4.78 is 59.4. The second-order valence-electron chi connectivity index (χ2n) is 10.3. The maximum atomic E-state index is 15.1. The number of nitrogens with zero attached hydrogens (tertiary/aromatic N) is 5. The Bertz CT molecular complexity index is 1840. The van der Waals surface area contributed by atoms with Crippen LogP contribution in [0.5, 0.6) is 0 Å². The molecule has 0 spiro atoms. The van der Waals surface area contributed by atoms with Crippen molar-refractivity contribution < 1.29 is 31.8 Å². The first-order chi connectivity index (χ1) is 19.7. The highest BCUT2D eigenvalue weighted by molar-refractivity contribution is 5.92. The molecule has 0 aliphatic carbocycles. The number of fused-ring (bicyclic) bond motifs is 1. The van der Waals surface area contributed by atoms with E-state index in [4.69, 9.17) is 4.52 Å². The summed E-state index contributed by atoms with van der Waals surface area (Å²) in [6, 6.07) is 7.95. The molecule has 0 unspecified atom stereocenters. The van der Waals surface area contributed by atoms with Crippen LogP contribution in [0, 0.1) is 15.9 Å². The third kappa shape index (κ3) is 5.53. The first kappa shape index (κ1) is 28.3. The Labute approximate surface area is 234 Å². The number of imidazole rings is 1. The number of carbonyl (C=O) groups is 1. The lowest BCUT2D eigenvalue weighted by Gasteiger charge is -2.10. The molecule has 0 aliphatic heterocycles. The van der Waals surface area contributed by atoms with E-state index in [1.165, 1.54) is 18.3 Å². The van der Waals surface area contributed by atoms with Crippen molar-refractivity contribution in [1.29, 1.82) is 0 Å². The SMILES string of the molecule is CC(C)(C)c1noc(C(=O)NCc2ccc(-c3ccnc4nc(-c5ccc(C(F)(F)F)cc5[N+](=O)[O-])[nH]c34)cc2F)n1. The predicted molar refractivity (Wildman–Crippen MR) is 141 cm³/mol. The zero-order valence-corrected chi connectivity index (χ0v) is 22.2. The van der Waals surface area contributed by atoms with E-state index in [0.29, 0.717) is 23.0 Å². The third-order valence-electron chi connectivity index (χ3n) is 6.26. The van der Waals surface area contributed by atoms with Gasteiger partial charge in [0, 0.05) is 35.3 Å². The number of amides is 1.